The summed E-state index contributed by atoms with van der Waals surface area (Å²) in [6.45, 7) is 4.43. The number of fused-ring (bicyclic) bond motifs is 1. The lowest BCUT2D eigenvalue weighted by atomic mass is 10.1. The number of carbonyl (C=O) groups is 2. The van der Waals surface area contributed by atoms with Crippen LogP contribution in [0.25, 0.3) is 22.3 Å². The zero-order valence-electron chi connectivity index (χ0n) is 23.7. The second-order valence-corrected chi connectivity index (χ2v) is 10.1. The molecule has 4 heterocycles. The Labute approximate surface area is 243 Å². The first kappa shape index (κ1) is 28.7. The number of morpholine rings is 1. The maximum absolute atomic E-state index is 13.3. The number of carbonyl (C=O) groups excluding carboxylic acids is 2. The molecule has 12 heteroatoms. The molecule has 218 valence electrons. The minimum atomic E-state index is -0.535. The fourth-order valence-electron chi connectivity index (χ4n) is 4.91. The fraction of sp³-hybridized carbons (Fsp3) is 0.300. The van der Waals surface area contributed by atoms with Crippen LogP contribution in [0.15, 0.2) is 65.7 Å². The molecule has 1 saturated heterocycles. The Balaban J connectivity index is 1.41. The van der Waals surface area contributed by atoms with Crippen molar-refractivity contribution in [2.24, 2.45) is 0 Å². The van der Waals surface area contributed by atoms with E-state index in [0.29, 0.717) is 55.3 Å². The largest absolute Gasteiger partial charge is 0.384 e. The number of nitrogens with two attached hydrogens (primary N) is 1. The number of rotatable bonds is 8. The summed E-state index contributed by atoms with van der Waals surface area (Å²) in [4.78, 5) is 51.3. The maximum Gasteiger partial charge on any atom is 0.321 e. The predicted molar refractivity (Wildman–Crippen MR) is 161 cm³/mol. The van der Waals surface area contributed by atoms with E-state index in [1.165, 1.54) is 7.05 Å². The molecule has 1 aliphatic rings. The van der Waals surface area contributed by atoms with Crippen LogP contribution in [-0.2, 0) is 17.8 Å². The zero-order chi connectivity index (χ0) is 29.6. The number of benzene rings is 1. The van der Waals surface area contributed by atoms with Crippen LogP contribution in [0.3, 0.4) is 0 Å². The molecule has 0 aliphatic carbocycles. The number of amides is 3. The number of urea groups is 1. The Morgan fingerprint density at radius 2 is 1.83 bits per heavy atom. The topological polar surface area (TPSA) is 148 Å². The van der Waals surface area contributed by atoms with E-state index in [-0.39, 0.29) is 17.4 Å². The van der Waals surface area contributed by atoms with E-state index in [1.807, 2.05) is 24.3 Å². The van der Waals surface area contributed by atoms with Crippen molar-refractivity contribution in [2.75, 3.05) is 58.0 Å². The molecule has 0 saturated carbocycles. The van der Waals surface area contributed by atoms with Gasteiger partial charge >= 0.3 is 6.03 Å². The molecule has 4 N–H and O–H groups in total. The second kappa shape index (κ2) is 12.8. The summed E-state index contributed by atoms with van der Waals surface area (Å²) in [6, 6.07) is 14.2. The fourth-order valence-corrected chi connectivity index (χ4v) is 4.91. The van der Waals surface area contributed by atoms with Crippen molar-refractivity contribution in [1.29, 1.82) is 0 Å². The van der Waals surface area contributed by atoms with E-state index in [4.69, 9.17) is 15.5 Å². The average molecular weight is 571 g/mol. The summed E-state index contributed by atoms with van der Waals surface area (Å²) in [6.07, 6.45) is 3.42. The van der Waals surface area contributed by atoms with E-state index in [1.54, 1.807) is 53.2 Å². The van der Waals surface area contributed by atoms with Crippen LogP contribution in [0.5, 0.6) is 0 Å². The molecule has 1 fully saturated rings. The summed E-state index contributed by atoms with van der Waals surface area (Å²) in [5.41, 5.74) is 9.28. The second-order valence-electron chi connectivity index (χ2n) is 10.1. The summed E-state index contributed by atoms with van der Waals surface area (Å²) >= 11 is 0. The van der Waals surface area contributed by atoms with Gasteiger partial charge in [0.25, 0.3) is 5.91 Å². The van der Waals surface area contributed by atoms with Gasteiger partial charge in [0, 0.05) is 70.5 Å². The maximum atomic E-state index is 13.3. The van der Waals surface area contributed by atoms with Gasteiger partial charge in [0.2, 0.25) is 5.43 Å². The summed E-state index contributed by atoms with van der Waals surface area (Å²) in [5, 5.41) is 5.73. The van der Waals surface area contributed by atoms with Gasteiger partial charge in [0.05, 0.1) is 24.3 Å². The first-order chi connectivity index (χ1) is 20.4. The Morgan fingerprint density at radius 3 is 2.52 bits per heavy atom. The molecule has 42 heavy (non-hydrogen) atoms. The molecule has 0 unspecified atom stereocenters. The lowest BCUT2D eigenvalue weighted by Crippen LogP contribution is -2.39. The number of hydrogen-bond donors (Lipinski definition) is 3. The number of pyridine rings is 3. The lowest BCUT2D eigenvalue weighted by Gasteiger charge is -2.27. The third kappa shape index (κ3) is 6.24. The highest BCUT2D eigenvalue weighted by Crippen LogP contribution is 2.24. The van der Waals surface area contributed by atoms with Gasteiger partial charge in [-0.25, -0.2) is 9.78 Å². The molecule has 0 atom stereocenters. The number of nitrogens with one attached hydrogen (secondary N) is 2. The van der Waals surface area contributed by atoms with Crippen LogP contribution in [0.4, 0.5) is 16.3 Å². The summed E-state index contributed by atoms with van der Waals surface area (Å²) < 4.78 is 7.19. The number of nitrogens with zero attached hydrogens (tertiary/aromatic N) is 5. The van der Waals surface area contributed by atoms with E-state index in [0.717, 1.165) is 24.2 Å². The molecule has 1 aromatic carbocycles. The Hall–Kier alpha value is -4.81. The Morgan fingerprint density at radius 1 is 1.07 bits per heavy atom. The van der Waals surface area contributed by atoms with Gasteiger partial charge in [0.15, 0.2) is 0 Å². The molecule has 5 rings (SSSR count). The van der Waals surface area contributed by atoms with Crippen molar-refractivity contribution in [3.63, 3.8) is 0 Å². The molecule has 0 radical (unpaired) electrons. The molecular formula is C30H34N8O4. The van der Waals surface area contributed by atoms with Crippen molar-refractivity contribution in [3.05, 3.63) is 82.3 Å². The zero-order valence-corrected chi connectivity index (χ0v) is 23.7. The number of aromatic nitrogens is 3. The van der Waals surface area contributed by atoms with Crippen molar-refractivity contribution < 1.29 is 14.3 Å². The van der Waals surface area contributed by atoms with Crippen LogP contribution in [0.2, 0.25) is 0 Å². The third-order valence-electron chi connectivity index (χ3n) is 7.27. The van der Waals surface area contributed by atoms with Crippen LogP contribution in [0.1, 0.15) is 15.9 Å². The van der Waals surface area contributed by atoms with Gasteiger partial charge in [-0.15, -0.1) is 0 Å². The molecule has 1 aliphatic heterocycles. The normalized spacial score (nSPS) is 13.6. The Bertz CT molecular complexity index is 1630. The number of hydrogen-bond acceptors (Lipinski definition) is 8. The number of nitrogen functional groups attached to an aromatic ring is 1. The van der Waals surface area contributed by atoms with Crippen LogP contribution >= 0.6 is 0 Å². The standard InChI is InChI=1S/C30H34N8O4/c1-32-29(40)25-26(39)23-9-10-24(35-28(23)38(27(25)31)13-12-37-14-16-42-17-15-37)21-5-7-22(8-6-21)34-30(41)36(2)19-20-4-3-11-33-18-20/h3-11,18H,12-17,19,31H2,1-2H3,(H,32,40)(H,34,41). The van der Waals surface area contributed by atoms with Crippen molar-refractivity contribution in [1.82, 2.24) is 29.7 Å². The minimum absolute atomic E-state index is 0.0817. The van der Waals surface area contributed by atoms with Crippen LogP contribution < -0.4 is 21.8 Å². The number of anilines is 2. The molecule has 0 bridgehead atoms. The van der Waals surface area contributed by atoms with Crippen LogP contribution in [0, 0.1) is 0 Å². The first-order valence-electron chi connectivity index (χ1n) is 13.7. The molecular weight excluding hydrogens is 536 g/mol. The van der Waals surface area contributed by atoms with E-state index < -0.39 is 11.3 Å². The van der Waals surface area contributed by atoms with Crippen molar-refractivity contribution >= 4 is 34.5 Å². The van der Waals surface area contributed by atoms with E-state index in [9.17, 15) is 14.4 Å². The molecule has 0 spiro atoms. The van der Waals surface area contributed by atoms with Gasteiger partial charge in [-0.2, -0.15) is 0 Å². The third-order valence-corrected chi connectivity index (χ3v) is 7.27. The first-order valence-corrected chi connectivity index (χ1v) is 13.7. The van der Waals surface area contributed by atoms with Crippen LogP contribution in [-0.4, -0.2) is 83.2 Å². The highest BCUT2D eigenvalue weighted by Gasteiger charge is 2.22. The molecule has 12 nitrogen and oxygen atoms in total. The predicted octanol–water partition coefficient (Wildman–Crippen LogP) is 2.40. The van der Waals surface area contributed by atoms with E-state index in [2.05, 4.69) is 20.5 Å². The summed E-state index contributed by atoms with van der Waals surface area (Å²) in [7, 11) is 3.19. The molecule has 3 aromatic heterocycles. The van der Waals surface area contributed by atoms with Gasteiger partial charge in [-0.05, 0) is 35.9 Å². The Kier molecular flexibility index (Phi) is 8.74. The number of ether oxygens (including phenoxy) is 1. The lowest BCUT2D eigenvalue weighted by molar-refractivity contribution is 0.0366. The summed E-state index contributed by atoms with van der Waals surface area (Å²) in [5.74, 6) is -0.453. The highest BCUT2D eigenvalue weighted by atomic mass is 16.5. The van der Waals surface area contributed by atoms with Gasteiger partial charge < -0.3 is 30.6 Å². The smallest absolute Gasteiger partial charge is 0.321 e. The SMILES string of the molecule is CNC(=O)c1c(N)n(CCN2CCOCC2)c2nc(-c3ccc(NC(=O)N(C)Cc4cccnc4)cc3)ccc2c1=O. The monoisotopic (exact) mass is 570 g/mol. The van der Waals surface area contributed by atoms with Crippen molar-refractivity contribution in [3.8, 4) is 11.3 Å². The quantitative estimate of drug-likeness (QED) is 0.293. The van der Waals surface area contributed by atoms with Gasteiger partial charge in [-0.1, -0.05) is 18.2 Å². The van der Waals surface area contributed by atoms with E-state index >= 15 is 0 Å². The van der Waals surface area contributed by atoms with Gasteiger partial charge in [-0.3, -0.25) is 19.5 Å². The molecule has 4 aromatic rings. The average Bonchev–Trinajstić information content (AvgIpc) is 3.02. The van der Waals surface area contributed by atoms with Crippen molar-refractivity contribution in [2.45, 2.75) is 13.1 Å². The molecule has 3 amide bonds. The van der Waals surface area contributed by atoms with Gasteiger partial charge in [0.1, 0.15) is 17.0 Å². The highest BCUT2D eigenvalue weighted by molar-refractivity contribution is 6.01. The minimum Gasteiger partial charge on any atom is -0.384 e.